The second kappa shape index (κ2) is 5.05. The lowest BCUT2D eigenvalue weighted by Gasteiger charge is -2.26. The Morgan fingerprint density at radius 3 is 2.67 bits per heavy atom. The molecule has 0 saturated carbocycles. The van der Waals surface area contributed by atoms with E-state index in [2.05, 4.69) is 45.3 Å². The maximum absolute atomic E-state index is 4.73. The summed E-state index contributed by atoms with van der Waals surface area (Å²) in [6, 6.07) is 14.8. The standard InChI is InChI=1S/C17H16N4/c1-2-4-13(5-3-1)15-12-21-16(8-11-19-17(21)20-15)14-6-9-18-10-7-14/h1-7,9-10,12,16H,8,11H2,(H,19,20). The molecule has 0 aliphatic carbocycles. The molecule has 0 spiro atoms. The molecule has 1 N–H and O–H groups in total. The van der Waals surface area contributed by atoms with Gasteiger partial charge in [0.25, 0.3) is 0 Å². The highest BCUT2D eigenvalue weighted by Gasteiger charge is 2.22. The van der Waals surface area contributed by atoms with Crippen LogP contribution in [0, 0.1) is 0 Å². The third-order valence-corrected chi connectivity index (χ3v) is 3.93. The average Bonchev–Trinajstić information content (AvgIpc) is 3.00. The summed E-state index contributed by atoms with van der Waals surface area (Å²) in [6.45, 7) is 0.943. The molecule has 104 valence electrons. The fourth-order valence-corrected chi connectivity index (χ4v) is 2.88. The van der Waals surface area contributed by atoms with Gasteiger partial charge in [-0.1, -0.05) is 30.3 Å². The minimum Gasteiger partial charge on any atom is -0.356 e. The number of hydrogen-bond acceptors (Lipinski definition) is 3. The van der Waals surface area contributed by atoms with E-state index in [1.807, 2.05) is 30.6 Å². The molecule has 4 heteroatoms. The SMILES string of the molecule is c1ccc(-c2cn3c(n2)NCCC3c2ccncc2)cc1. The number of nitrogens with one attached hydrogen (secondary N) is 1. The molecule has 0 saturated heterocycles. The van der Waals surface area contributed by atoms with Crippen molar-refractivity contribution < 1.29 is 0 Å². The van der Waals surface area contributed by atoms with E-state index in [-0.39, 0.29) is 0 Å². The van der Waals surface area contributed by atoms with Gasteiger partial charge in [0.05, 0.1) is 11.7 Å². The number of anilines is 1. The van der Waals surface area contributed by atoms with Crippen LogP contribution in [0.5, 0.6) is 0 Å². The Labute approximate surface area is 123 Å². The van der Waals surface area contributed by atoms with Gasteiger partial charge in [-0.05, 0) is 24.1 Å². The van der Waals surface area contributed by atoms with Crippen LogP contribution in [0.1, 0.15) is 18.0 Å². The minimum absolute atomic E-state index is 0.328. The van der Waals surface area contributed by atoms with Crippen LogP contribution in [-0.4, -0.2) is 21.1 Å². The number of benzene rings is 1. The number of pyridine rings is 1. The number of rotatable bonds is 2. The van der Waals surface area contributed by atoms with Gasteiger partial charge in [0.1, 0.15) is 0 Å². The van der Waals surface area contributed by atoms with Gasteiger partial charge in [0, 0.05) is 30.7 Å². The molecule has 3 aromatic rings. The van der Waals surface area contributed by atoms with Crippen molar-refractivity contribution in [3.8, 4) is 11.3 Å². The summed E-state index contributed by atoms with van der Waals surface area (Å²) in [5, 5.41) is 3.39. The van der Waals surface area contributed by atoms with E-state index in [0.717, 1.165) is 30.2 Å². The van der Waals surface area contributed by atoms with Crippen molar-refractivity contribution in [2.75, 3.05) is 11.9 Å². The fraction of sp³-hybridized carbons (Fsp3) is 0.176. The van der Waals surface area contributed by atoms with Crippen molar-refractivity contribution in [1.29, 1.82) is 0 Å². The van der Waals surface area contributed by atoms with Crippen LogP contribution in [0.25, 0.3) is 11.3 Å². The van der Waals surface area contributed by atoms with E-state index < -0.39 is 0 Å². The molecule has 1 aliphatic rings. The number of hydrogen-bond donors (Lipinski definition) is 1. The normalized spacial score (nSPS) is 17.0. The molecule has 4 nitrogen and oxygen atoms in total. The molecule has 1 aromatic carbocycles. The lowest BCUT2D eigenvalue weighted by Crippen LogP contribution is -2.23. The largest absolute Gasteiger partial charge is 0.356 e. The van der Waals surface area contributed by atoms with E-state index in [0.29, 0.717) is 6.04 Å². The number of aromatic nitrogens is 3. The summed E-state index contributed by atoms with van der Waals surface area (Å²) >= 11 is 0. The third-order valence-electron chi connectivity index (χ3n) is 3.93. The van der Waals surface area contributed by atoms with E-state index in [1.54, 1.807) is 0 Å². The van der Waals surface area contributed by atoms with Crippen molar-refractivity contribution in [3.05, 3.63) is 66.6 Å². The van der Waals surface area contributed by atoms with Gasteiger partial charge < -0.3 is 9.88 Å². The topological polar surface area (TPSA) is 42.7 Å². The molecular weight excluding hydrogens is 260 g/mol. The quantitative estimate of drug-likeness (QED) is 0.780. The van der Waals surface area contributed by atoms with Crippen LogP contribution < -0.4 is 5.32 Å². The van der Waals surface area contributed by atoms with E-state index in [4.69, 9.17) is 4.98 Å². The van der Waals surface area contributed by atoms with Crippen LogP contribution in [-0.2, 0) is 0 Å². The van der Waals surface area contributed by atoms with Gasteiger partial charge in [-0.3, -0.25) is 4.98 Å². The lowest BCUT2D eigenvalue weighted by atomic mass is 10.0. The number of imidazole rings is 1. The summed E-state index contributed by atoms with van der Waals surface area (Å²) in [6.07, 6.45) is 6.90. The maximum atomic E-state index is 4.73. The number of fused-ring (bicyclic) bond motifs is 1. The van der Waals surface area contributed by atoms with Crippen molar-refractivity contribution in [2.24, 2.45) is 0 Å². The Bertz CT molecular complexity index is 734. The monoisotopic (exact) mass is 276 g/mol. The molecule has 0 fully saturated rings. The molecule has 1 aliphatic heterocycles. The van der Waals surface area contributed by atoms with Gasteiger partial charge >= 0.3 is 0 Å². The Morgan fingerprint density at radius 1 is 1.05 bits per heavy atom. The van der Waals surface area contributed by atoms with Crippen LogP contribution in [0.4, 0.5) is 5.95 Å². The first-order valence-corrected chi connectivity index (χ1v) is 7.20. The van der Waals surface area contributed by atoms with E-state index in [1.165, 1.54) is 5.56 Å². The van der Waals surface area contributed by atoms with Crippen molar-refractivity contribution in [2.45, 2.75) is 12.5 Å². The van der Waals surface area contributed by atoms with Crippen molar-refractivity contribution in [3.63, 3.8) is 0 Å². The zero-order valence-electron chi connectivity index (χ0n) is 11.6. The molecule has 0 bridgehead atoms. The second-order valence-electron chi connectivity index (χ2n) is 5.23. The zero-order valence-corrected chi connectivity index (χ0v) is 11.6. The molecule has 1 unspecified atom stereocenters. The first-order chi connectivity index (χ1) is 10.4. The summed E-state index contributed by atoms with van der Waals surface area (Å²) in [4.78, 5) is 8.84. The lowest BCUT2D eigenvalue weighted by molar-refractivity contribution is 0.530. The first kappa shape index (κ1) is 12.1. The summed E-state index contributed by atoms with van der Waals surface area (Å²) in [5.74, 6) is 0.946. The highest BCUT2D eigenvalue weighted by molar-refractivity contribution is 5.61. The van der Waals surface area contributed by atoms with Gasteiger partial charge in [0.2, 0.25) is 5.95 Å². The van der Waals surface area contributed by atoms with Crippen molar-refractivity contribution >= 4 is 5.95 Å². The van der Waals surface area contributed by atoms with Gasteiger partial charge in [-0.15, -0.1) is 0 Å². The molecule has 1 atom stereocenters. The van der Waals surface area contributed by atoms with Crippen LogP contribution in [0.3, 0.4) is 0 Å². The molecule has 21 heavy (non-hydrogen) atoms. The molecular formula is C17H16N4. The van der Waals surface area contributed by atoms with E-state index >= 15 is 0 Å². The fourth-order valence-electron chi connectivity index (χ4n) is 2.88. The molecule has 0 radical (unpaired) electrons. The van der Waals surface area contributed by atoms with Crippen molar-refractivity contribution in [1.82, 2.24) is 14.5 Å². The second-order valence-corrected chi connectivity index (χ2v) is 5.23. The highest BCUT2D eigenvalue weighted by atomic mass is 15.2. The molecule has 4 rings (SSSR count). The predicted octanol–water partition coefficient (Wildman–Crippen LogP) is 3.35. The Kier molecular flexibility index (Phi) is 2.92. The van der Waals surface area contributed by atoms with Crippen LogP contribution in [0.15, 0.2) is 61.1 Å². The summed E-state index contributed by atoms with van der Waals surface area (Å²) < 4.78 is 2.24. The molecule has 3 heterocycles. The highest BCUT2D eigenvalue weighted by Crippen LogP contribution is 2.32. The minimum atomic E-state index is 0.328. The molecule has 0 amide bonds. The van der Waals surface area contributed by atoms with Crippen LogP contribution >= 0.6 is 0 Å². The Hall–Kier alpha value is -2.62. The number of nitrogens with zero attached hydrogens (tertiary/aromatic N) is 3. The van der Waals surface area contributed by atoms with Gasteiger partial charge in [-0.25, -0.2) is 4.98 Å². The third kappa shape index (κ3) is 2.18. The predicted molar refractivity (Wildman–Crippen MR) is 83.1 cm³/mol. The first-order valence-electron chi connectivity index (χ1n) is 7.20. The van der Waals surface area contributed by atoms with E-state index in [9.17, 15) is 0 Å². The molecule has 2 aromatic heterocycles. The van der Waals surface area contributed by atoms with Gasteiger partial charge in [0.15, 0.2) is 0 Å². The summed E-state index contributed by atoms with van der Waals surface area (Å²) in [5.41, 5.74) is 3.44. The van der Waals surface area contributed by atoms with Gasteiger partial charge in [-0.2, -0.15) is 0 Å². The maximum Gasteiger partial charge on any atom is 0.203 e. The van der Waals surface area contributed by atoms with Crippen LogP contribution in [0.2, 0.25) is 0 Å². The Balaban J connectivity index is 1.77. The average molecular weight is 276 g/mol. The smallest absolute Gasteiger partial charge is 0.203 e. The zero-order chi connectivity index (χ0) is 14.1. The Morgan fingerprint density at radius 2 is 1.86 bits per heavy atom. The summed E-state index contributed by atoms with van der Waals surface area (Å²) in [7, 11) is 0.